The first-order valence-electron chi connectivity index (χ1n) is 20.6. The highest BCUT2D eigenvalue weighted by atomic mass is 15.0. The number of benzene rings is 8. The molecule has 8 aromatic carbocycles. The molecule has 0 N–H and O–H groups in total. The van der Waals surface area contributed by atoms with E-state index >= 15 is 0 Å². The number of hydrogen-bond donors (Lipinski definition) is 0. The van der Waals surface area contributed by atoms with Gasteiger partial charge in [-0.2, -0.15) is 10.5 Å². The molecule has 0 spiro atoms. The van der Waals surface area contributed by atoms with Gasteiger partial charge in [-0.3, -0.25) is 0 Å². The van der Waals surface area contributed by atoms with Gasteiger partial charge >= 0.3 is 0 Å². The molecule has 0 aliphatic carbocycles. The first-order valence-corrected chi connectivity index (χ1v) is 20.6. The Morgan fingerprint density at radius 3 is 0.922 bits per heavy atom. The van der Waals surface area contributed by atoms with Crippen molar-refractivity contribution in [2.45, 2.75) is 0 Å². The third-order valence-electron chi connectivity index (χ3n) is 10.9. The summed E-state index contributed by atoms with van der Waals surface area (Å²) in [5.74, 6) is 3.13. The van der Waals surface area contributed by atoms with Gasteiger partial charge < -0.3 is 0 Å². The van der Waals surface area contributed by atoms with Crippen molar-refractivity contribution in [3.8, 4) is 114 Å². The maximum atomic E-state index is 9.87. The Morgan fingerprint density at radius 1 is 0.234 bits per heavy atom. The molecule has 0 radical (unpaired) electrons. The molecular formula is C56H34N8. The highest BCUT2D eigenvalue weighted by molar-refractivity contribution is 5.84. The minimum Gasteiger partial charge on any atom is -0.208 e. The summed E-state index contributed by atoms with van der Waals surface area (Å²) in [4.78, 5) is 30.3. The van der Waals surface area contributed by atoms with Crippen LogP contribution in [0.5, 0.6) is 0 Å². The lowest BCUT2D eigenvalue weighted by Crippen LogP contribution is -2.01. The van der Waals surface area contributed by atoms with Crippen LogP contribution in [0.15, 0.2) is 206 Å². The maximum Gasteiger partial charge on any atom is 0.164 e. The van der Waals surface area contributed by atoms with Crippen molar-refractivity contribution >= 4 is 0 Å². The second-order valence-electron chi connectivity index (χ2n) is 14.9. The van der Waals surface area contributed by atoms with Crippen molar-refractivity contribution in [2.24, 2.45) is 0 Å². The summed E-state index contributed by atoms with van der Waals surface area (Å²) in [5, 5.41) is 19.7. The fourth-order valence-electron chi connectivity index (χ4n) is 7.76. The molecule has 0 aliphatic heterocycles. The molecule has 10 rings (SSSR count). The lowest BCUT2D eigenvalue weighted by Gasteiger charge is -2.14. The predicted molar refractivity (Wildman–Crippen MR) is 252 cm³/mol. The van der Waals surface area contributed by atoms with Crippen LogP contribution in [0.3, 0.4) is 0 Å². The van der Waals surface area contributed by atoms with Gasteiger partial charge in [0, 0.05) is 33.4 Å². The number of rotatable bonds is 9. The average molecular weight is 819 g/mol. The van der Waals surface area contributed by atoms with Crippen molar-refractivity contribution in [3.05, 3.63) is 217 Å². The van der Waals surface area contributed by atoms with E-state index in [4.69, 9.17) is 29.9 Å². The average Bonchev–Trinajstić information content (AvgIpc) is 3.39. The van der Waals surface area contributed by atoms with E-state index in [1.54, 1.807) is 0 Å². The molecular weight excluding hydrogens is 785 g/mol. The molecule has 0 atom stereocenters. The maximum absolute atomic E-state index is 9.87. The van der Waals surface area contributed by atoms with Crippen molar-refractivity contribution in [2.75, 3.05) is 0 Å². The molecule has 298 valence electrons. The molecule has 0 saturated carbocycles. The van der Waals surface area contributed by atoms with Crippen molar-refractivity contribution < 1.29 is 0 Å². The molecule has 10 aromatic rings. The molecule has 64 heavy (non-hydrogen) atoms. The summed E-state index contributed by atoms with van der Waals surface area (Å²) in [6, 6.07) is 71.7. The van der Waals surface area contributed by atoms with E-state index in [1.165, 1.54) is 0 Å². The summed E-state index contributed by atoms with van der Waals surface area (Å²) in [6.07, 6.45) is 0. The molecule has 0 aliphatic rings. The Hall–Kier alpha value is -9.24. The van der Waals surface area contributed by atoms with Gasteiger partial charge in [-0.25, -0.2) is 29.9 Å². The summed E-state index contributed by atoms with van der Waals surface area (Å²) in [5.41, 5.74) is 11.4. The fourth-order valence-corrected chi connectivity index (χ4v) is 7.76. The van der Waals surface area contributed by atoms with Crippen LogP contribution in [0.25, 0.3) is 102 Å². The topological polar surface area (TPSA) is 125 Å². The zero-order valence-corrected chi connectivity index (χ0v) is 34.2. The second kappa shape index (κ2) is 17.4. The Labute approximate surface area is 370 Å². The number of hydrogen-bond acceptors (Lipinski definition) is 8. The summed E-state index contributed by atoms with van der Waals surface area (Å²) < 4.78 is 0. The lowest BCUT2D eigenvalue weighted by molar-refractivity contribution is 1.07. The number of aromatic nitrogens is 6. The van der Waals surface area contributed by atoms with Gasteiger partial charge in [-0.15, -0.1) is 0 Å². The zero-order valence-electron chi connectivity index (χ0n) is 34.2. The Morgan fingerprint density at radius 2 is 0.516 bits per heavy atom. The normalized spacial score (nSPS) is 10.8. The molecule has 0 fully saturated rings. The standard InChI is InChI=1S/C56H34N8/c57-35-45-20-7-9-28-47(45)39-22-13-25-42(32-39)53-59-51(37-16-3-1-4-17-37)60-54(62-53)44-27-15-24-41(34-44)49-30-11-12-31-50(49)56-63-52(38-18-5-2-6-19-38)61-55(64-56)43-26-14-23-40(33-43)48-29-10-8-21-46(48)36-58/h1-34H. The van der Waals surface area contributed by atoms with E-state index in [0.29, 0.717) is 46.1 Å². The van der Waals surface area contributed by atoms with Crippen LogP contribution in [-0.2, 0) is 0 Å². The van der Waals surface area contributed by atoms with Gasteiger partial charge in [0.25, 0.3) is 0 Å². The van der Waals surface area contributed by atoms with Crippen LogP contribution < -0.4 is 0 Å². The minimum absolute atomic E-state index is 0.509. The highest BCUT2D eigenvalue weighted by Crippen LogP contribution is 2.36. The molecule has 0 saturated heterocycles. The van der Waals surface area contributed by atoms with Gasteiger partial charge in [0.2, 0.25) is 0 Å². The Bertz CT molecular complexity index is 3430. The third kappa shape index (κ3) is 7.90. The molecule has 2 heterocycles. The van der Waals surface area contributed by atoms with Crippen molar-refractivity contribution in [1.29, 1.82) is 10.5 Å². The molecule has 0 amide bonds. The van der Waals surface area contributed by atoms with Gasteiger partial charge in [0.15, 0.2) is 34.9 Å². The molecule has 8 nitrogen and oxygen atoms in total. The predicted octanol–water partition coefficient (Wildman–Crippen LogP) is 12.8. The number of nitrogens with zero attached hydrogens (tertiary/aromatic N) is 8. The van der Waals surface area contributed by atoms with Gasteiger partial charge in [-0.1, -0.05) is 176 Å². The molecule has 2 aromatic heterocycles. The van der Waals surface area contributed by atoms with Crippen LogP contribution in [0, 0.1) is 22.7 Å². The largest absolute Gasteiger partial charge is 0.208 e. The van der Waals surface area contributed by atoms with Crippen LogP contribution >= 0.6 is 0 Å². The zero-order chi connectivity index (χ0) is 43.2. The van der Waals surface area contributed by atoms with Crippen molar-refractivity contribution in [3.63, 3.8) is 0 Å². The summed E-state index contributed by atoms with van der Waals surface area (Å²) >= 11 is 0. The summed E-state index contributed by atoms with van der Waals surface area (Å²) in [7, 11) is 0. The smallest absolute Gasteiger partial charge is 0.164 e. The third-order valence-corrected chi connectivity index (χ3v) is 10.9. The van der Waals surface area contributed by atoms with Crippen LogP contribution in [-0.4, -0.2) is 29.9 Å². The van der Waals surface area contributed by atoms with E-state index in [0.717, 1.165) is 66.8 Å². The fraction of sp³-hybridized carbons (Fsp3) is 0. The van der Waals surface area contributed by atoms with Crippen LogP contribution in [0.2, 0.25) is 0 Å². The molecule has 0 unspecified atom stereocenters. The van der Waals surface area contributed by atoms with Crippen LogP contribution in [0.4, 0.5) is 0 Å². The summed E-state index contributed by atoms with van der Waals surface area (Å²) in [6.45, 7) is 0. The van der Waals surface area contributed by atoms with E-state index in [-0.39, 0.29) is 0 Å². The van der Waals surface area contributed by atoms with Crippen LogP contribution in [0.1, 0.15) is 11.1 Å². The van der Waals surface area contributed by atoms with E-state index in [9.17, 15) is 10.5 Å². The first-order chi connectivity index (χ1) is 31.6. The van der Waals surface area contributed by atoms with E-state index in [1.807, 2.05) is 188 Å². The quantitative estimate of drug-likeness (QED) is 0.141. The first kappa shape index (κ1) is 38.9. The highest BCUT2D eigenvalue weighted by Gasteiger charge is 2.19. The van der Waals surface area contributed by atoms with Gasteiger partial charge in [0.05, 0.1) is 23.3 Å². The van der Waals surface area contributed by atoms with E-state index in [2.05, 4.69) is 30.3 Å². The van der Waals surface area contributed by atoms with E-state index < -0.39 is 0 Å². The van der Waals surface area contributed by atoms with Crippen molar-refractivity contribution in [1.82, 2.24) is 29.9 Å². The second-order valence-corrected chi connectivity index (χ2v) is 14.9. The SMILES string of the molecule is N#Cc1ccccc1-c1cccc(-c2nc(-c3ccccc3)nc(-c3cccc(-c4ccccc4-c4nc(-c5ccccc5)nc(-c5cccc(-c6ccccc6C#N)c5)n4)c3)n2)c1. The monoisotopic (exact) mass is 818 g/mol. The Balaban J connectivity index is 1.09. The molecule has 8 heteroatoms. The van der Waals surface area contributed by atoms with Gasteiger partial charge in [-0.05, 0) is 63.7 Å². The minimum atomic E-state index is 0.509. The Kier molecular flexibility index (Phi) is 10.6. The molecule has 0 bridgehead atoms. The van der Waals surface area contributed by atoms with Gasteiger partial charge in [0.1, 0.15) is 0 Å². The lowest BCUT2D eigenvalue weighted by atomic mass is 9.97. The number of nitriles is 2.